The normalized spacial score (nSPS) is 12.8. The van der Waals surface area contributed by atoms with Gasteiger partial charge in [0.05, 0.1) is 24.9 Å². The molecule has 0 amide bonds. The van der Waals surface area contributed by atoms with Gasteiger partial charge in [0.2, 0.25) is 0 Å². The molecule has 1 aromatic rings. The Balaban J connectivity index is 2.33. The number of hydrogen-bond donors (Lipinski definition) is 2. The molecule has 108 valence electrons. The molecule has 1 atom stereocenters. The van der Waals surface area contributed by atoms with Crippen LogP contribution in [-0.2, 0) is 4.74 Å². The van der Waals surface area contributed by atoms with E-state index in [0.717, 1.165) is 11.4 Å². The van der Waals surface area contributed by atoms with Crippen LogP contribution in [0.3, 0.4) is 0 Å². The van der Waals surface area contributed by atoms with Gasteiger partial charge in [-0.1, -0.05) is 0 Å². The van der Waals surface area contributed by atoms with Crippen LogP contribution in [0.25, 0.3) is 0 Å². The Kier molecular flexibility index (Phi) is 6.67. The predicted octanol–water partition coefficient (Wildman–Crippen LogP) is 2.67. The number of nitrogens with one attached hydrogen (secondary N) is 1. The molecule has 19 heavy (non-hydrogen) atoms. The summed E-state index contributed by atoms with van der Waals surface area (Å²) in [7, 11) is 0. The van der Waals surface area contributed by atoms with Gasteiger partial charge >= 0.3 is 0 Å². The van der Waals surface area contributed by atoms with Gasteiger partial charge in [0.25, 0.3) is 0 Å². The molecule has 1 unspecified atom stereocenters. The molecule has 1 rings (SSSR count). The predicted molar refractivity (Wildman–Crippen MR) is 77.8 cm³/mol. The van der Waals surface area contributed by atoms with Gasteiger partial charge in [-0.2, -0.15) is 0 Å². The van der Waals surface area contributed by atoms with Gasteiger partial charge < -0.3 is 19.9 Å². The quantitative estimate of drug-likeness (QED) is 0.760. The highest BCUT2D eigenvalue weighted by Crippen LogP contribution is 2.16. The molecule has 0 aliphatic rings. The fourth-order valence-electron chi connectivity index (χ4n) is 1.52. The first-order valence-corrected chi connectivity index (χ1v) is 6.77. The molecule has 1 aromatic carbocycles. The largest absolute Gasteiger partial charge is 0.491 e. The van der Waals surface area contributed by atoms with Crippen LogP contribution < -0.4 is 10.1 Å². The van der Waals surface area contributed by atoms with Crippen molar-refractivity contribution in [1.82, 2.24) is 0 Å². The maximum absolute atomic E-state index is 9.72. The van der Waals surface area contributed by atoms with Crippen molar-refractivity contribution in [3.05, 3.63) is 24.3 Å². The van der Waals surface area contributed by atoms with Crippen molar-refractivity contribution in [2.24, 2.45) is 0 Å². The van der Waals surface area contributed by atoms with E-state index in [-0.39, 0.29) is 12.2 Å². The van der Waals surface area contributed by atoms with E-state index in [1.54, 1.807) is 0 Å². The highest BCUT2D eigenvalue weighted by atomic mass is 16.5. The van der Waals surface area contributed by atoms with Crippen molar-refractivity contribution < 1.29 is 14.6 Å². The first-order valence-electron chi connectivity index (χ1n) is 6.77. The van der Waals surface area contributed by atoms with Crippen molar-refractivity contribution >= 4 is 5.69 Å². The lowest BCUT2D eigenvalue weighted by Crippen LogP contribution is -2.26. The molecule has 0 fully saturated rings. The Morgan fingerprint density at radius 3 is 2.21 bits per heavy atom. The number of anilines is 1. The third kappa shape index (κ3) is 7.03. The molecule has 2 N–H and O–H groups in total. The van der Waals surface area contributed by atoms with Gasteiger partial charge in [-0.05, 0) is 52.0 Å². The van der Waals surface area contributed by atoms with Crippen molar-refractivity contribution in [2.75, 3.05) is 18.5 Å². The molecule has 0 aliphatic carbocycles. The van der Waals surface area contributed by atoms with Crippen molar-refractivity contribution in [2.45, 2.75) is 46.0 Å². The summed E-state index contributed by atoms with van der Waals surface area (Å²) in [6.07, 6.45) is -0.190. The smallest absolute Gasteiger partial charge is 0.119 e. The SMILES string of the molecule is CC(C)OCC(O)CNc1ccc(OC(C)C)cc1. The van der Waals surface area contributed by atoms with Crippen LogP contribution >= 0.6 is 0 Å². The molecule has 0 aromatic heterocycles. The fourth-order valence-corrected chi connectivity index (χ4v) is 1.52. The van der Waals surface area contributed by atoms with Crippen LogP contribution in [0, 0.1) is 0 Å². The number of hydrogen-bond acceptors (Lipinski definition) is 4. The minimum Gasteiger partial charge on any atom is -0.491 e. The maximum Gasteiger partial charge on any atom is 0.119 e. The Morgan fingerprint density at radius 1 is 1.05 bits per heavy atom. The van der Waals surface area contributed by atoms with E-state index in [9.17, 15) is 5.11 Å². The van der Waals surface area contributed by atoms with Crippen LogP contribution in [0.5, 0.6) is 5.75 Å². The zero-order valence-electron chi connectivity index (χ0n) is 12.2. The van der Waals surface area contributed by atoms with Crippen LogP contribution in [0.1, 0.15) is 27.7 Å². The minimum atomic E-state index is -0.506. The molecule has 0 radical (unpaired) electrons. The summed E-state index contributed by atoms with van der Waals surface area (Å²) < 4.78 is 10.9. The molecule has 0 spiro atoms. The minimum absolute atomic E-state index is 0.141. The Labute approximate surface area is 115 Å². The second-order valence-electron chi connectivity index (χ2n) is 5.11. The van der Waals surface area contributed by atoms with E-state index in [1.165, 1.54) is 0 Å². The van der Waals surface area contributed by atoms with E-state index in [2.05, 4.69) is 5.32 Å². The summed E-state index contributed by atoms with van der Waals surface area (Å²) in [5.41, 5.74) is 0.958. The number of rotatable bonds is 8. The molecule has 0 bridgehead atoms. The Morgan fingerprint density at radius 2 is 1.68 bits per heavy atom. The molecule has 0 saturated carbocycles. The van der Waals surface area contributed by atoms with Gasteiger partial charge in [-0.3, -0.25) is 0 Å². The summed E-state index contributed by atoms with van der Waals surface area (Å²) in [4.78, 5) is 0. The van der Waals surface area contributed by atoms with Crippen LogP contribution in [0.15, 0.2) is 24.3 Å². The zero-order chi connectivity index (χ0) is 14.3. The van der Waals surface area contributed by atoms with Gasteiger partial charge in [0, 0.05) is 12.2 Å². The van der Waals surface area contributed by atoms with E-state index in [0.29, 0.717) is 13.2 Å². The average molecular weight is 267 g/mol. The summed E-state index contributed by atoms with van der Waals surface area (Å²) >= 11 is 0. The first kappa shape index (κ1) is 15.8. The van der Waals surface area contributed by atoms with E-state index >= 15 is 0 Å². The standard InChI is InChI=1S/C15H25NO3/c1-11(2)18-10-14(17)9-16-13-5-7-15(8-6-13)19-12(3)4/h5-8,11-12,14,16-17H,9-10H2,1-4H3. The van der Waals surface area contributed by atoms with Gasteiger partial charge in [0.1, 0.15) is 5.75 Å². The molecular weight excluding hydrogens is 242 g/mol. The lowest BCUT2D eigenvalue weighted by Gasteiger charge is -2.15. The average Bonchev–Trinajstić information content (AvgIpc) is 2.35. The summed E-state index contributed by atoms with van der Waals surface area (Å²) in [5.74, 6) is 0.851. The van der Waals surface area contributed by atoms with E-state index < -0.39 is 6.10 Å². The van der Waals surface area contributed by atoms with Crippen LogP contribution in [-0.4, -0.2) is 36.6 Å². The summed E-state index contributed by atoms with van der Waals surface area (Å²) in [5, 5.41) is 12.9. The van der Waals surface area contributed by atoms with Crippen molar-refractivity contribution in [1.29, 1.82) is 0 Å². The highest BCUT2D eigenvalue weighted by molar-refractivity contribution is 5.46. The summed E-state index contributed by atoms with van der Waals surface area (Å²) in [6, 6.07) is 7.71. The third-order valence-electron chi connectivity index (χ3n) is 2.39. The molecular formula is C15H25NO3. The van der Waals surface area contributed by atoms with Crippen LogP contribution in [0.2, 0.25) is 0 Å². The Bertz CT molecular complexity index is 349. The monoisotopic (exact) mass is 267 g/mol. The van der Waals surface area contributed by atoms with Gasteiger partial charge in [0.15, 0.2) is 0 Å². The van der Waals surface area contributed by atoms with E-state index in [4.69, 9.17) is 9.47 Å². The molecule has 4 nitrogen and oxygen atoms in total. The number of ether oxygens (including phenoxy) is 2. The lowest BCUT2D eigenvalue weighted by molar-refractivity contribution is 0.0112. The van der Waals surface area contributed by atoms with Crippen molar-refractivity contribution in [3.8, 4) is 5.75 Å². The topological polar surface area (TPSA) is 50.7 Å². The number of aliphatic hydroxyl groups is 1. The van der Waals surface area contributed by atoms with Gasteiger partial charge in [-0.15, -0.1) is 0 Å². The first-order chi connectivity index (χ1) is 8.97. The third-order valence-corrected chi connectivity index (χ3v) is 2.39. The molecule has 0 aliphatic heterocycles. The highest BCUT2D eigenvalue weighted by Gasteiger charge is 2.05. The summed E-state index contributed by atoms with van der Waals surface area (Å²) in [6.45, 7) is 8.71. The second kappa shape index (κ2) is 8.02. The van der Waals surface area contributed by atoms with Crippen molar-refractivity contribution in [3.63, 3.8) is 0 Å². The van der Waals surface area contributed by atoms with E-state index in [1.807, 2.05) is 52.0 Å². The number of aliphatic hydroxyl groups excluding tert-OH is 1. The lowest BCUT2D eigenvalue weighted by atomic mass is 10.3. The van der Waals surface area contributed by atoms with Gasteiger partial charge in [-0.25, -0.2) is 0 Å². The number of benzene rings is 1. The molecule has 4 heteroatoms. The second-order valence-corrected chi connectivity index (χ2v) is 5.11. The fraction of sp³-hybridized carbons (Fsp3) is 0.600. The van der Waals surface area contributed by atoms with Crippen LogP contribution in [0.4, 0.5) is 5.69 Å². The maximum atomic E-state index is 9.72. The molecule has 0 heterocycles. The Hall–Kier alpha value is -1.26. The molecule has 0 saturated heterocycles. The zero-order valence-corrected chi connectivity index (χ0v) is 12.2.